The van der Waals surface area contributed by atoms with Gasteiger partial charge in [-0.05, 0) is 61.1 Å². The van der Waals surface area contributed by atoms with Gasteiger partial charge in [-0.1, -0.05) is 98.9 Å². The lowest BCUT2D eigenvalue weighted by Crippen LogP contribution is -2.17. The van der Waals surface area contributed by atoms with E-state index in [1.54, 1.807) is 5.30 Å². The van der Waals surface area contributed by atoms with Gasteiger partial charge in [0.15, 0.2) is 0 Å². The molecule has 4 rings (SSSR count). The molecule has 0 nitrogen and oxygen atoms in total. The van der Waals surface area contributed by atoms with Crippen LogP contribution < -0.4 is 15.9 Å². The molecule has 2 atom stereocenters. The van der Waals surface area contributed by atoms with E-state index in [-0.39, 0.29) is 15.8 Å². The smallest absolute Gasteiger partial charge is 0.0165 e. The second-order valence-corrected chi connectivity index (χ2v) is 11.9. The summed E-state index contributed by atoms with van der Waals surface area (Å²) in [6, 6.07) is 33.7. The fourth-order valence-corrected chi connectivity index (χ4v) is 9.71. The minimum absolute atomic E-state index is 0.0383. The Labute approximate surface area is 160 Å². The van der Waals surface area contributed by atoms with E-state index >= 15 is 0 Å². The van der Waals surface area contributed by atoms with E-state index in [9.17, 15) is 0 Å². The fraction of sp³-hybridized carbons (Fsp3) is 0.250. The van der Waals surface area contributed by atoms with Gasteiger partial charge >= 0.3 is 0 Å². The second kappa shape index (κ2) is 8.94. The lowest BCUT2D eigenvalue weighted by Gasteiger charge is -2.24. The first-order valence-corrected chi connectivity index (χ1v) is 12.7. The van der Waals surface area contributed by atoms with Crippen LogP contribution in [0, 0.1) is 0 Å². The molecule has 1 saturated heterocycles. The van der Waals surface area contributed by atoms with Crippen molar-refractivity contribution in [2.24, 2.45) is 0 Å². The van der Waals surface area contributed by atoms with Gasteiger partial charge < -0.3 is 0 Å². The maximum atomic E-state index is 2.36. The van der Waals surface area contributed by atoms with Crippen LogP contribution in [0.25, 0.3) is 0 Å². The van der Waals surface area contributed by atoms with Crippen LogP contribution in [0.15, 0.2) is 91.0 Å². The van der Waals surface area contributed by atoms with Gasteiger partial charge in [-0.15, -0.1) is 0 Å². The Hall–Kier alpha value is -1.48. The molecular formula is C24H26P2. The molecule has 0 saturated carbocycles. The van der Waals surface area contributed by atoms with Gasteiger partial charge in [0.05, 0.1) is 0 Å². The van der Waals surface area contributed by atoms with Crippen molar-refractivity contribution in [3.05, 3.63) is 91.0 Å². The largest absolute Gasteiger partial charge is 0.0721 e. The van der Waals surface area contributed by atoms with E-state index in [0.29, 0.717) is 0 Å². The molecule has 2 unspecified atom stereocenters. The topological polar surface area (TPSA) is 0 Å². The molecule has 1 aliphatic heterocycles. The van der Waals surface area contributed by atoms with Crippen LogP contribution >= 0.6 is 15.8 Å². The molecule has 0 amide bonds. The summed E-state index contributed by atoms with van der Waals surface area (Å²) in [7, 11) is -0.206. The molecule has 132 valence electrons. The number of benzene rings is 3. The average Bonchev–Trinajstić information content (AvgIpc) is 3.19. The van der Waals surface area contributed by atoms with Crippen molar-refractivity contribution in [2.75, 3.05) is 12.3 Å². The van der Waals surface area contributed by atoms with Crippen molar-refractivity contribution < 1.29 is 0 Å². The molecule has 3 aromatic carbocycles. The van der Waals surface area contributed by atoms with Crippen molar-refractivity contribution >= 4 is 31.8 Å². The highest BCUT2D eigenvalue weighted by atomic mass is 31.1. The molecule has 0 aromatic heterocycles. The third-order valence-corrected chi connectivity index (χ3v) is 11.0. The van der Waals surface area contributed by atoms with Crippen LogP contribution in [0.3, 0.4) is 0 Å². The van der Waals surface area contributed by atoms with Gasteiger partial charge in [-0.25, -0.2) is 0 Å². The first kappa shape index (κ1) is 17.9. The fourth-order valence-electron chi connectivity index (χ4n) is 4.00. The zero-order valence-corrected chi connectivity index (χ0v) is 17.0. The van der Waals surface area contributed by atoms with E-state index in [1.807, 2.05) is 0 Å². The third-order valence-electron chi connectivity index (χ3n) is 5.29. The van der Waals surface area contributed by atoms with Gasteiger partial charge in [-0.2, -0.15) is 0 Å². The Morgan fingerprint density at radius 3 is 1.85 bits per heavy atom. The minimum atomic E-state index is -0.245. The molecule has 0 radical (unpaired) electrons. The Kier molecular flexibility index (Phi) is 6.16. The molecule has 0 spiro atoms. The molecule has 2 heteroatoms. The lowest BCUT2D eigenvalue weighted by molar-refractivity contribution is 0.760. The van der Waals surface area contributed by atoms with E-state index < -0.39 is 0 Å². The zero-order chi connectivity index (χ0) is 17.6. The highest BCUT2D eigenvalue weighted by molar-refractivity contribution is 7.73. The molecule has 1 heterocycles. The standard InChI is InChI=1S/C24H26P2/c1-4-11-21(12-5-1)25-19-10-17-24(25)18-20-26(22-13-6-2-7-14-22)23-15-8-3-9-16-23/h1-9,11-16,24H,10,17-20H2. The summed E-state index contributed by atoms with van der Waals surface area (Å²) < 4.78 is 0. The molecule has 26 heavy (non-hydrogen) atoms. The number of rotatable bonds is 6. The van der Waals surface area contributed by atoms with Gasteiger partial charge in [0, 0.05) is 0 Å². The van der Waals surface area contributed by atoms with E-state index in [0.717, 1.165) is 5.66 Å². The summed E-state index contributed by atoms with van der Waals surface area (Å²) in [5, 5.41) is 4.67. The first-order valence-electron chi connectivity index (χ1n) is 9.61. The van der Waals surface area contributed by atoms with E-state index in [1.165, 1.54) is 42.2 Å². The van der Waals surface area contributed by atoms with Crippen LogP contribution in [-0.2, 0) is 0 Å². The van der Waals surface area contributed by atoms with Crippen LogP contribution in [0.2, 0.25) is 0 Å². The summed E-state index contributed by atoms with van der Waals surface area (Å²) in [5.41, 5.74) is 0.907. The maximum absolute atomic E-state index is 2.36. The summed E-state index contributed by atoms with van der Waals surface area (Å²) >= 11 is 0. The summed E-state index contributed by atoms with van der Waals surface area (Å²) in [6.45, 7) is 0. The first-order chi connectivity index (χ1) is 12.9. The predicted molar refractivity (Wildman–Crippen MR) is 119 cm³/mol. The second-order valence-electron chi connectivity index (χ2n) is 6.94. The molecule has 0 aliphatic carbocycles. The summed E-state index contributed by atoms with van der Waals surface area (Å²) in [5.74, 6) is 0. The number of hydrogen-bond acceptors (Lipinski definition) is 0. The van der Waals surface area contributed by atoms with Crippen molar-refractivity contribution in [3.63, 3.8) is 0 Å². The van der Waals surface area contributed by atoms with Crippen LogP contribution in [0.1, 0.15) is 19.3 Å². The SMILES string of the molecule is c1ccc(P(CCC2CCCP2c2ccccc2)c2ccccc2)cc1. The Morgan fingerprint density at radius 2 is 1.27 bits per heavy atom. The molecule has 1 fully saturated rings. The van der Waals surface area contributed by atoms with Crippen LogP contribution in [-0.4, -0.2) is 18.0 Å². The van der Waals surface area contributed by atoms with Crippen molar-refractivity contribution in [3.8, 4) is 0 Å². The Bertz CT molecular complexity index is 747. The lowest BCUT2D eigenvalue weighted by atomic mass is 10.2. The highest BCUT2D eigenvalue weighted by Gasteiger charge is 2.28. The average molecular weight is 376 g/mol. The summed E-state index contributed by atoms with van der Waals surface area (Å²) in [6.07, 6.45) is 6.96. The van der Waals surface area contributed by atoms with Crippen LogP contribution in [0.4, 0.5) is 0 Å². The monoisotopic (exact) mass is 376 g/mol. The maximum Gasteiger partial charge on any atom is -0.0165 e. The van der Waals surface area contributed by atoms with Gasteiger partial charge in [0.1, 0.15) is 0 Å². The Morgan fingerprint density at radius 1 is 0.731 bits per heavy atom. The highest BCUT2D eigenvalue weighted by Crippen LogP contribution is 2.51. The van der Waals surface area contributed by atoms with Crippen molar-refractivity contribution in [2.45, 2.75) is 24.9 Å². The molecule has 3 aromatic rings. The minimum Gasteiger partial charge on any atom is -0.0721 e. The Balaban J connectivity index is 1.51. The summed E-state index contributed by atoms with van der Waals surface area (Å²) in [4.78, 5) is 0. The molecule has 0 N–H and O–H groups in total. The third kappa shape index (κ3) is 4.25. The normalized spacial score (nSPS) is 19.7. The van der Waals surface area contributed by atoms with Gasteiger partial charge in [0.2, 0.25) is 0 Å². The zero-order valence-electron chi connectivity index (χ0n) is 15.2. The molecule has 0 bridgehead atoms. The van der Waals surface area contributed by atoms with E-state index in [4.69, 9.17) is 0 Å². The van der Waals surface area contributed by atoms with Gasteiger partial charge in [-0.3, -0.25) is 0 Å². The number of hydrogen-bond donors (Lipinski definition) is 0. The molecule has 1 aliphatic rings. The van der Waals surface area contributed by atoms with Crippen molar-refractivity contribution in [1.82, 2.24) is 0 Å². The van der Waals surface area contributed by atoms with Crippen molar-refractivity contribution in [1.29, 1.82) is 0 Å². The van der Waals surface area contributed by atoms with Gasteiger partial charge in [0.25, 0.3) is 0 Å². The predicted octanol–water partition coefficient (Wildman–Crippen LogP) is 5.48. The molecular weight excluding hydrogens is 350 g/mol. The van der Waals surface area contributed by atoms with E-state index in [2.05, 4.69) is 91.0 Å². The van der Waals surface area contributed by atoms with Crippen LogP contribution in [0.5, 0.6) is 0 Å². The quantitative estimate of drug-likeness (QED) is 0.500.